The second-order valence-corrected chi connectivity index (χ2v) is 7.51. The maximum absolute atomic E-state index is 12.4. The number of sulfonamides is 1. The van der Waals surface area contributed by atoms with Crippen molar-refractivity contribution in [2.75, 3.05) is 27.2 Å². The first kappa shape index (κ1) is 15.4. The molecule has 1 aliphatic heterocycles. The average Bonchev–Trinajstić information content (AvgIpc) is 2.89. The van der Waals surface area contributed by atoms with Crippen LogP contribution in [0.4, 0.5) is 0 Å². The molecule has 1 heterocycles. The van der Waals surface area contributed by atoms with Crippen molar-refractivity contribution >= 4 is 10.0 Å². The molecule has 6 heteroatoms. The minimum absolute atomic E-state index is 0.0565. The fraction of sp³-hybridized carbons (Fsp3) is 0.571. The van der Waals surface area contributed by atoms with Crippen LogP contribution in [0.25, 0.3) is 0 Å². The third-order valence-electron chi connectivity index (χ3n) is 3.83. The van der Waals surface area contributed by atoms with E-state index in [-0.39, 0.29) is 5.75 Å². The van der Waals surface area contributed by atoms with Gasteiger partial charge >= 0.3 is 0 Å². The van der Waals surface area contributed by atoms with Crippen molar-refractivity contribution in [2.24, 2.45) is 5.73 Å². The molecule has 1 aliphatic rings. The topological polar surface area (TPSA) is 66.6 Å². The molecule has 112 valence electrons. The molecule has 2 rings (SSSR count). The molecule has 1 unspecified atom stereocenters. The highest BCUT2D eigenvalue weighted by molar-refractivity contribution is 7.88. The van der Waals surface area contributed by atoms with E-state index in [1.54, 1.807) is 4.31 Å². The van der Waals surface area contributed by atoms with Gasteiger partial charge in [-0.15, -0.1) is 0 Å². The molecule has 0 spiro atoms. The van der Waals surface area contributed by atoms with Crippen molar-refractivity contribution in [3.05, 3.63) is 35.4 Å². The molecule has 1 fully saturated rings. The number of hydrogen-bond acceptors (Lipinski definition) is 4. The number of likely N-dealkylation sites (N-methyl/N-ethyl adjacent to an activating group) is 1. The van der Waals surface area contributed by atoms with Gasteiger partial charge < -0.3 is 10.6 Å². The Morgan fingerprint density at radius 2 is 2.05 bits per heavy atom. The molecule has 1 aromatic rings. The van der Waals surface area contributed by atoms with Crippen molar-refractivity contribution in [1.82, 2.24) is 9.21 Å². The van der Waals surface area contributed by atoms with E-state index in [9.17, 15) is 8.42 Å². The third kappa shape index (κ3) is 3.58. The van der Waals surface area contributed by atoms with Gasteiger partial charge in [-0.3, -0.25) is 0 Å². The van der Waals surface area contributed by atoms with E-state index in [0.29, 0.717) is 25.7 Å². The first-order valence-electron chi connectivity index (χ1n) is 6.84. The van der Waals surface area contributed by atoms with E-state index < -0.39 is 10.0 Å². The number of benzene rings is 1. The van der Waals surface area contributed by atoms with Crippen molar-refractivity contribution in [1.29, 1.82) is 0 Å². The lowest BCUT2D eigenvalue weighted by atomic mass is 10.1. The fourth-order valence-electron chi connectivity index (χ4n) is 2.53. The van der Waals surface area contributed by atoms with E-state index in [4.69, 9.17) is 5.73 Å². The summed E-state index contributed by atoms with van der Waals surface area (Å²) in [6, 6.07) is 7.81. The van der Waals surface area contributed by atoms with Crippen LogP contribution in [0.15, 0.2) is 24.3 Å². The highest BCUT2D eigenvalue weighted by atomic mass is 32.2. The van der Waals surface area contributed by atoms with E-state index in [2.05, 4.69) is 4.90 Å². The van der Waals surface area contributed by atoms with Crippen molar-refractivity contribution in [2.45, 2.75) is 24.8 Å². The number of nitrogens with two attached hydrogens (primary N) is 1. The van der Waals surface area contributed by atoms with Crippen molar-refractivity contribution < 1.29 is 8.42 Å². The molecule has 20 heavy (non-hydrogen) atoms. The van der Waals surface area contributed by atoms with Gasteiger partial charge in [0.2, 0.25) is 10.0 Å². The predicted octanol–water partition coefficient (Wildman–Crippen LogP) is 0.611. The van der Waals surface area contributed by atoms with Gasteiger partial charge in [0.25, 0.3) is 0 Å². The monoisotopic (exact) mass is 297 g/mol. The second kappa shape index (κ2) is 6.22. The lowest BCUT2D eigenvalue weighted by Crippen LogP contribution is -2.35. The molecule has 5 nitrogen and oxygen atoms in total. The molecule has 0 amide bonds. The molecule has 0 bridgehead atoms. The van der Waals surface area contributed by atoms with Gasteiger partial charge in [0.1, 0.15) is 0 Å². The molecule has 1 aromatic carbocycles. The standard InChI is InChI=1S/C14H23N3O2S/c1-16(2)14-6-7-17(10-14)20(18,19)11-13-5-3-4-12(8-13)9-15/h3-5,8,14H,6-7,9-11,15H2,1-2H3. The van der Waals surface area contributed by atoms with Crippen LogP contribution < -0.4 is 5.73 Å². The van der Waals surface area contributed by atoms with Crippen LogP contribution in [-0.2, 0) is 22.3 Å². The zero-order chi connectivity index (χ0) is 14.8. The van der Waals surface area contributed by atoms with Gasteiger partial charge in [-0.05, 0) is 31.6 Å². The largest absolute Gasteiger partial charge is 0.326 e. The molecule has 0 saturated carbocycles. The molecule has 0 aromatic heterocycles. The summed E-state index contributed by atoms with van der Waals surface area (Å²) in [5.41, 5.74) is 7.36. The van der Waals surface area contributed by atoms with Gasteiger partial charge in [0, 0.05) is 25.7 Å². The molecule has 0 aliphatic carbocycles. The van der Waals surface area contributed by atoms with Crippen LogP contribution in [0.2, 0.25) is 0 Å². The van der Waals surface area contributed by atoms with Gasteiger partial charge in [-0.2, -0.15) is 0 Å². The van der Waals surface area contributed by atoms with Crippen LogP contribution in [-0.4, -0.2) is 50.8 Å². The zero-order valence-corrected chi connectivity index (χ0v) is 12.9. The Bertz CT molecular complexity index is 557. The van der Waals surface area contributed by atoms with Crippen LogP contribution in [0.5, 0.6) is 0 Å². The highest BCUT2D eigenvalue weighted by Crippen LogP contribution is 2.20. The van der Waals surface area contributed by atoms with Gasteiger partial charge in [0.05, 0.1) is 5.75 Å². The van der Waals surface area contributed by atoms with Crippen LogP contribution >= 0.6 is 0 Å². The zero-order valence-electron chi connectivity index (χ0n) is 12.1. The summed E-state index contributed by atoms with van der Waals surface area (Å²) >= 11 is 0. The minimum Gasteiger partial charge on any atom is -0.326 e. The first-order valence-corrected chi connectivity index (χ1v) is 8.45. The van der Waals surface area contributed by atoms with Gasteiger partial charge in [-0.1, -0.05) is 24.3 Å². The molecular weight excluding hydrogens is 274 g/mol. The Hall–Kier alpha value is -0.950. The SMILES string of the molecule is CN(C)C1CCN(S(=O)(=O)Cc2cccc(CN)c2)C1. The molecule has 1 atom stereocenters. The van der Waals surface area contributed by atoms with Crippen LogP contribution in [0.3, 0.4) is 0 Å². The number of rotatable bonds is 5. The minimum atomic E-state index is -3.24. The normalized spacial score (nSPS) is 20.7. The molecule has 2 N–H and O–H groups in total. The molecular formula is C14H23N3O2S. The van der Waals surface area contributed by atoms with Crippen molar-refractivity contribution in [3.8, 4) is 0 Å². The highest BCUT2D eigenvalue weighted by Gasteiger charge is 2.32. The Labute approximate surface area is 121 Å². The summed E-state index contributed by atoms with van der Waals surface area (Å²) in [4.78, 5) is 2.09. The van der Waals surface area contributed by atoms with Gasteiger partial charge in [-0.25, -0.2) is 12.7 Å². The summed E-state index contributed by atoms with van der Waals surface area (Å²) in [6.45, 7) is 1.63. The second-order valence-electron chi connectivity index (χ2n) is 5.54. The number of nitrogens with zero attached hydrogens (tertiary/aromatic N) is 2. The van der Waals surface area contributed by atoms with Crippen LogP contribution in [0, 0.1) is 0 Å². The number of hydrogen-bond donors (Lipinski definition) is 1. The average molecular weight is 297 g/mol. The lowest BCUT2D eigenvalue weighted by molar-refractivity contribution is 0.302. The molecule has 0 radical (unpaired) electrons. The van der Waals surface area contributed by atoms with E-state index in [0.717, 1.165) is 17.5 Å². The summed E-state index contributed by atoms with van der Waals surface area (Å²) < 4.78 is 26.5. The Morgan fingerprint density at radius 1 is 1.35 bits per heavy atom. The van der Waals surface area contributed by atoms with Crippen LogP contribution in [0.1, 0.15) is 17.5 Å². The maximum atomic E-state index is 12.4. The third-order valence-corrected chi connectivity index (χ3v) is 5.64. The summed E-state index contributed by atoms with van der Waals surface area (Å²) in [7, 11) is 0.745. The molecule has 1 saturated heterocycles. The quantitative estimate of drug-likeness (QED) is 0.865. The Kier molecular flexibility index (Phi) is 4.80. The van der Waals surface area contributed by atoms with E-state index >= 15 is 0 Å². The first-order chi connectivity index (χ1) is 9.42. The lowest BCUT2D eigenvalue weighted by Gasteiger charge is -2.20. The fourth-order valence-corrected chi connectivity index (χ4v) is 4.10. The summed E-state index contributed by atoms with van der Waals surface area (Å²) in [5.74, 6) is 0.0565. The van der Waals surface area contributed by atoms with Gasteiger partial charge in [0.15, 0.2) is 0 Å². The Balaban J connectivity index is 2.08. The smallest absolute Gasteiger partial charge is 0.218 e. The van der Waals surface area contributed by atoms with Crippen molar-refractivity contribution in [3.63, 3.8) is 0 Å². The predicted molar refractivity (Wildman–Crippen MR) is 80.6 cm³/mol. The van der Waals surface area contributed by atoms with E-state index in [1.807, 2.05) is 38.4 Å². The Morgan fingerprint density at radius 3 is 2.65 bits per heavy atom. The maximum Gasteiger partial charge on any atom is 0.218 e. The summed E-state index contributed by atoms with van der Waals surface area (Å²) in [5, 5.41) is 0. The summed E-state index contributed by atoms with van der Waals surface area (Å²) in [6.07, 6.45) is 0.898. The van der Waals surface area contributed by atoms with E-state index in [1.165, 1.54) is 0 Å².